The molecule has 10 nitrogen and oxygen atoms in total. The summed E-state index contributed by atoms with van der Waals surface area (Å²) in [6.45, 7) is 0.404. The maximum absolute atomic E-state index is 13.1. The van der Waals surface area contributed by atoms with E-state index in [9.17, 15) is 9.59 Å². The number of nitrogens with one attached hydrogen (secondary N) is 4. The van der Waals surface area contributed by atoms with E-state index < -0.39 is 18.0 Å². The molecule has 31 heavy (non-hydrogen) atoms. The summed E-state index contributed by atoms with van der Waals surface area (Å²) in [4.78, 5) is 25.9. The standard InChI is InChI=1S/C21H32N4O6/c1-28-13-7-5-12(6-8-13)23-21(27)19-15(11-22-25-19)24-20(26)18-16(30-3)9-14(29-2)10-17(18)31-4/h9-10,12-13,15,19,22,25H,5-8,11H2,1-4H3,(H,23,27)(H,24,26). The van der Waals surface area contributed by atoms with Crippen molar-refractivity contribution in [3.8, 4) is 17.2 Å². The predicted molar refractivity (Wildman–Crippen MR) is 113 cm³/mol. The highest BCUT2D eigenvalue weighted by Crippen LogP contribution is 2.34. The lowest BCUT2D eigenvalue weighted by Crippen LogP contribution is -2.55. The lowest BCUT2D eigenvalue weighted by atomic mass is 9.92. The Morgan fingerprint density at radius 1 is 0.935 bits per heavy atom. The van der Waals surface area contributed by atoms with Gasteiger partial charge in [-0.3, -0.25) is 15.0 Å². The number of carbonyl (C=O) groups excluding carboxylic acids is 2. The summed E-state index contributed by atoms with van der Waals surface area (Å²) in [5, 5.41) is 6.02. The van der Waals surface area contributed by atoms with Crippen LogP contribution in [0.15, 0.2) is 12.1 Å². The third-order valence-corrected chi connectivity index (χ3v) is 5.88. The van der Waals surface area contributed by atoms with E-state index in [4.69, 9.17) is 18.9 Å². The molecule has 2 fully saturated rings. The van der Waals surface area contributed by atoms with Crippen LogP contribution in [0.25, 0.3) is 0 Å². The molecule has 1 saturated carbocycles. The van der Waals surface area contributed by atoms with Crippen molar-refractivity contribution in [2.45, 2.75) is 49.9 Å². The minimum Gasteiger partial charge on any atom is -0.496 e. The highest BCUT2D eigenvalue weighted by Gasteiger charge is 2.36. The van der Waals surface area contributed by atoms with Crippen LogP contribution in [0.2, 0.25) is 0 Å². The quantitative estimate of drug-likeness (QED) is 0.461. The first-order valence-corrected chi connectivity index (χ1v) is 10.4. The molecule has 0 bridgehead atoms. The van der Waals surface area contributed by atoms with E-state index in [2.05, 4.69) is 21.5 Å². The van der Waals surface area contributed by atoms with E-state index in [1.807, 2.05) is 0 Å². The number of hydrogen-bond acceptors (Lipinski definition) is 8. The first kappa shape index (κ1) is 23.1. The molecule has 2 atom stereocenters. The minimum absolute atomic E-state index is 0.111. The van der Waals surface area contributed by atoms with E-state index in [1.54, 1.807) is 19.2 Å². The summed E-state index contributed by atoms with van der Waals surface area (Å²) >= 11 is 0. The van der Waals surface area contributed by atoms with Crippen LogP contribution < -0.4 is 35.7 Å². The van der Waals surface area contributed by atoms with Crippen molar-refractivity contribution >= 4 is 11.8 Å². The summed E-state index contributed by atoms with van der Waals surface area (Å²) in [5.74, 6) is 0.608. The first-order chi connectivity index (χ1) is 15.0. The van der Waals surface area contributed by atoms with Gasteiger partial charge in [-0.25, -0.2) is 5.43 Å². The van der Waals surface area contributed by atoms with Crippen LogP contribution in [-0.2, 0) is 9.53 Å². The fourth-order valence-corrected chi connectivity index (χ4v) is 4.08. The molecule has 1 aliphatic carbocycles. The van der Waals surface area contributed by atoms with Crippen LogP contribution in [0.3, 0.4) is 0 Å². The molecule has 10 heteroatoms. The Morgan fingerprint density at radius 3 is 2.13 bits per heavy atom. The van der Waals surface area contributed by atoms with Gasteiger partial charge in [-0.2, -0.15) is 0 Å². The van der Waals surface area contributed by atoms with E-state index in [0.29, 0.717) is 23.8 Å². The summed E-state index contributed by atoms with van der Waals surface area (Å²) in [6.07, 6.45) is 3.87. The molecule has 1 aromatic carbocycles. The van der Waals surface area contributed by atoms with E-state index >= 15 is 0 Å². The molecule has 1 aromatic rings. The zero-order chi connectivity index (χ0) is 22.4. The Kier molecular flexibility index (Phi) is 7.94. The van der Waals surface area contributed by atoms with Crippen molar-refractivity contribution in [3.05, 3.63) is 17.7 Å². The topological polar surface area (TPSA) is 119 Å². The Balaban J connectivity index is 1.66. The van der Waals surface area contributed by atoms with E-state index in [0.717, 1.165) is 25.7 Å². The fraction of sp³-hybridized carbons (Fsp3) is 0.619. The smallest absolute Gasteiger partial charge is 0.259 e. The summed E-state index contributed by atoms with van der Waals surface area (Å²) in [7, 11) is 6.18. The minimum atomic E-state index is -0.598. The van der Waals surface area contributed by atoms with Gasteiger partial charge in [0.2, 0.25) is 5.91 Å². The van der Waals surface area contributed by atoms with Crippen molar-refractivity contribution in [2.24, 2.45) is 0 Å². The van der Waals surface area contributed by atoms with Crippen molar-refractivity contribution in [2.75, 3.05) is 35.0 Å². The van der Waals surface area contributed by atoms with Crippen molar-refractivity contribution < 1.29 is 28.5 Å². The Bertz CT molecular complexity index is 756. The molecule has 1 aliphatic heterocycles. The largest absolute Gasteiger partial charge is 0.496 e. The van der Waals surface area contributed by atoms with Crippen LogP contribution in [-0.4, -0.2) is 71.0 Å². The number of amides is 2. The van der Waals surface area contributed by atoms with Gasteiger partial charge in [-0.05, 0) is 25.7 Å². The molecule has 3 rings (SSSR count). The zero-order valence-corrected chi connectivity index (χ0v) is 18.4. The molecule has 0 spiro atoms. The molecule has 1 heterocycles. The average molecular weight is 437 g/mol. The fourth-order valence-electron chi connectivity index (χ4n) is 4.08. The summed E-state index contributed by atoms with van der Waals surface area (Å²) < 4.78 is 21.4. The molecule has 0 aromatic heterocycles. The molecule has 4 N–H and O–H groups in total. The molecule has 1 saturated heterocycles. The molecular formula is C21H32N4O6. The van der Waals surface area contributed by atoms with Crippen molar-refractivity contribution in [1.82, 2.24) is 21.5 Å². The van der Waals surface area contributed by atoms with Crippen LogP contribution in [0.5, 0.6) is 17.2 Å². The van der Waals surface area contributed by atoms with E-state index in [1.165, 1.54) is 21.3 Å². The Labute approximate surface area is 182 Å². The second-order valence-corrected chi connectivity index (χ2v) is 7.71. The molecule has 0 radical (unpaired) electrons. The van der Waals surface area contributed by atoms with Gasteiger partial charge in [0.1, 0.15) is 28.9 Å². The lowest BCUT2D eigenvalue weighted by molar-refractivity contribution is -0.124. The SMILES string of the molecule is COc1cc(OC)c(C(=O)NC2CNNC2C(=O)NC2CCC(OC)CC2)c(OC)c1. The molecule has 2 amide bonds. The van der Waals surface area contributed by atoms with Gasteiger partial charge in [0.25, 0.3) is 5.91 Å². The Hall–Kier alpha value is -2.56. The number of rotatable bonds is 8. The maximum atomic E-state index is 13.1. The van der Waals surface area contributed by atoms with Crippen LogP contribution >= 0.6 is 0 Å². The van der Waals surface area contributed by atoms with Gasteiger partial charge in [-0.15, -0.1) is 0 Å². The van der Waals surface area contributed by atoms with Gasteiger partial charge in [0.05, 0.1) is 33.5 Å². The Morgan fingerprint density at radius 2 is 1.58 bits per heavy atom. The van der Waals surface area contributed by atoms with Gasteiger partial charge in [0, 0.05) is 31.8 Å². The van der Waals surface area contributed by atoms with Gasteiger partial charge in [-0.1, -0.05) is 0 Å². The number of hydrogen-bond donors (Lipinski definition) is 4. The maximum Gasteiger partial charge on any atom is 0.259 e. The average Bonchev–Trinajstić information content (AvgIpc) is 3.26. The predicted octanol–water partition coefficient (Wildman–Crippen LogP) is 0.361. The number of benzene rings is 1. The zero-order valence-electron chi connectivity index (χ0n) is 18.4. The van der Waals surface area contributed by atoms with Gasteiger partial charge in [0.15, 0.2) is 0 Å². The van der Waals surface area contributed by atoms with Gasteiger partial charge >= 0.3 is 0 Å². The molecular weight excluding hydrogens is 404 g/mol. The first-order valence-electron chi connectivity index (χ1n) is 10.4. The van der Waals surface area contributed by atoms with Crippen molar-refractivity contribution in [3.63, 3.8) is 0 Å². The monoisotopic (exact) mass is 436 g/mol. The molecule has 2 aliphatic rings. The second-order valence-electron chi connectivity index (χ2n) is 7.71. The van der Waals surface area contributed by atoms with Crippen LogP contribution in [0, 0.1) is 0 Å². The summed E-state index contributed by atoms with van der Waals surface area (Å²) in [5.41, 5.74) is 6.17. The lowest BCUT2D eigenvalue weighted by Gasteiger charge is -2.29. The number of hydrazine groups is 1. The second kappa shape index (κ2) is 10.7. The van der Waals surface area contributed by atoms with Gasteiger partial charge < -0.3 is 29.6 Å². The molecule has 172 valence electrons. The molecule has 2 unspecified atom stereocenters. The third kappa shape index (κ3) is 5.38. The highest BCUT2D eigenvalue weighted by atomic mass is 16.5. The number of carbonyl (C=O) groups is 2. The normalized spacial score (nSPS) is 25.5. The van der Waals surface area contributed by atoms with E-state index in [-0.39, 0.29) is 23.6 Å². The number of methoxy groups -OCH3 is 4. The van der Waals surface area contributed by atoms with Crippen LogP contribution in [0.1, 0.15) is 36.0 Å². The number of ether oxygens (including phenoxy) is 4. The van der Waals surface area contributed by atoms with Crippen LogP contribution in [0.4, 0.5) is 0 Å². The summed E-state index contributed by atoms with van der Waals surface area (Å²) in [6, 6.07) is 2.30. The highest BCUT2D eigenvalue weighted by molar-refractivity contribution is 6.00. The third-order valence-electron chi connectivity index (χ3n) is 5.88. The van der Waals surface area contributed by atoms with Crippen molar-refractivity contribution in [1.29, 1.82) is 0 Å².